The van der Waals surface area contributed by atoms with Gasteiger partial charge in [-0.3, -0.25) is 14.5 Å². The van der Waals surface area contributed by atoms with Crippen LogP contribution in [0, 0.1) is 11.3 Å². The van der Waals surface area contributed by atoms with Gasteiger partial charge in [0.1, 0.15) is 17.8 Å². The Labute approximate surface area is 165 Å². The van der Waals surface area contributed by atoms with Gasteiger partial charge in [-0.15, -0.1) is 0 Å². The number of amides is 4. The van der Waals surface area contributed by atoms with Crippen molar-refractivity contribution in [2.45, 2.75) is 52.5 Å². The number of benzene rings is 1. The molecule has 152 valence electrons. The molecule has 2 N–H and O–H groups in total. The number of imide groups is 1. The van der Waals surface area contributed by atoms with E-state index in [2.05, 4.69) is 31.4 Å². The Morgan fingerprint density at radius 1 is 1.29 bits per heavy atom. The molecule has 1 saturated heterocycles. The number of nitrogens with one attached hydrogen (secondary N) is 2. The third-order valence-electron chi connectivity index (χ3n) is 5.39. The molecular weight excluding hydrogens is 358 g/mol. The number of ether oxygens (including phenoxy) is 1. The van der Waals surface area contributed by atoms with E-state index < -0.39 is 17.5 Å². The fourth-order valence-electron chi connectivity index (χ4n) is 4.83. The molecule has 2 fully saturated rings. The molecule has 1 saturated carbocycles. The summed E-state index contributed by atoms with van der Waals surface area (Å²) in [4.78, 5) is 39.2. The molecule has 1 aromatic carbocycles. The van der Waals surface area contributed by atoms with E-state index in [1.165, 1.54) is 0 Å². The molecule has 0 unspecified atom stereocenters. The minimum absolute atomic E-state index is 0.0463. The molecule has 1 aromatic rings. The molecule has 4 amide bonds. The summed E-state index contributed by atoms with van der Waals surface area (Å²) in [5.41, 5.74) is -0.430. The van der Waals surface area contributed by atoms with Gasteiger partial charge in [-0.1, -0.05) is 32.9 Å². The van der Waals surface area contributed by atoms with Crippen LogP contribution in [0.15, 0.2) is 24.3 Å². The number of para-hydroxylation sites is 2. The van der Waals surface area contributed by atoms with Crippen molar-refractivity contribution in [2.24, 2.45) is 11.3 Å². The third-order valence-corrected chi connectivity index (χ3v) is 5.39. The maximum absolute atomic E-state index is 13.1. The summed E-state index contributed by atoms with van der Waals surface area (Å²) in [6.07, 6.45) is 2.19. The molecule has 1 aliphatic heterocycles. The maximum atomic E-state index is 13.1. The lowest BCUT2D eigenvalue weighted by Crippen LogP contribution is -2.54. The van der Waals surface area contributed by atoms with Crippen molar-refractivity contribution in [1.82, 2.24) is 10.2 Å². The first-order valence-electron chi connectivity index (χ1n) is 9.81. The summed E-state index contributed by atoms with van der Waals surface area (Å²) in [5, 5.41) is 5.63. The van der Waals surface area contributed by atoms with Crippen LogP contribution in [0.25, 0.3) is 0 Å². The van der Waals surface area contributed by atoms with E-state index in [1.807, 2.05) is 13.0 Å². The highest BCUT2D eigenvalue weighted by Crippen LogP contribution is 2.46. The minimum atomic E-state index is -0.901. The molecule has 1 heterocycles. The first-order valence-corrected chi connectivity index (χ1v) is 9.81. The molecule has 3 rings (SSSR count). The molecule has 7 nitrogen and oxygen atoms in total. The van der Waals surface area contributed by atoms with Crippen LogP contribution in [0.5, 0.6) is 5.75 Å². The van der Waals surface area contributed by atoms with Crippen molar-refractivity contribution in [3.8, 4) is 5.75 Å². The van der Waals surface area contributed by atoms with Crippen LogP contribution in [0.1, 0.15) is 47.0 Å². The molecular formula is C21H29N3O4. The van der Waals surface area contributed by atoms with Crippen LogP contribution in [0.3, 0.4) is 0 Å². The smallest absolute Gasteiger partial charge is 0.325 e. The van der Waals surface area contributed by atoms with Crippen LogP contribution in [-0.4, -0.2) is 41.4 Å². The highest BCUT2D eigenvalue weighted by atomic mass is 16.5. The monoisotopic (exact) mass is 387 g/mol. The van der Waals surface area contributed by atoms with Gasteiger partial charge in [0.05, 0.1) is 12.3 Å². The maximum Gasteiger partial charge on any atom is 0.325 e. The van der Waals surface area contributed by atoms with Gasteiger partial charge in [-0.2, -0.15) is 0 Å². The summed E-state index contributed by atoms with van der Waals surface area (Å²) in [7, 11) is 0. The predicted molar refractivity (Wildman–Crippen MR) is 106 cm³/mol. The largest absolute Gasteiger partial charge is 0.492 e. The van der Waals surface area contributed by atoms with E-state index in [4.69, 9.17) is 4.74 Å². The fourth-order valence-corrected chi connectivity index (χ4v) is 4.83. The Morgan fingerprint density at radius 3 is 2.68 bits per heavy atom. The highest BCUT2D eigenvalue weighted by Gasteiger charge is 2.56. The van der Waals surface area contributed by atoms with Crippen LogP contribution in [-0.2, 0) is 9.59 Å². The summed E-state index contributed by atoms with van der Waals surface area (Å²) in [6.45, 7) is 8.34. The normalized spacial score (nSPS) is 26.3. The number of hydrogen-bond donors (Lipinski definition) is 2. The van der Waals surface area contributed by atoms with Gasteiger partial charge in [0.25, 0.3) is 5.91 Å². The average molecular weight is 387 g/mol. The van der Waals surface area contributed by atoms with Crippen molar-refractivity contribution >= 4 is 23.5 Å². The second-order valence-electron chi connectivity index (χ2n) is 8.74. The fraction of sp³-hybridized carbons (Fsp3) is 0.571. The van der Waals surface area contributed by atoms with Crippen molar-refractivity contribution in [3.63, 3.8) is 0 Å². The lowest BCUT2D eigenvalue weighted by Gasteiger charge is -2.43. The van der Waals surface area contributed by atoms with Gasteiger partial charge in [0, 0.05) is 0 Å². The molecule has 1 spiro atoms. The molecule has 7 heteroatoms. The van der Waals surface area contributed by atoms with Gasteiger partial charge in [0.15, 0.2) is 0 Å². The van der Waals surface area contributed by atoms with E-state index in [0.29, 0.717) is 36.8 Å². The summed E-state index contributed by atoms with van der Waals surface area (Å²) in [6, 6.07) is 6.58. The van der Waals surface area contributed by atoms with Crippen LogP contribution in [0.2, 0.25) is 0 Å². The van der Waals surface area contributed by atoms with Crippen molar-refractivity contribution in [3.05, 3.63) is 24.3 Å². The standard InChI is InChI=1S/C21H29N3O4/c1-5-28-16-9-7-6-8-15(16)22-17(25)12-24-18(26)21(23-19(24)27)11-14(2)10-20(3,4)13-21/h6-9,14H,5,10-13H2,1-4H3,(H,22,25)(H,23,27)/t14-,21+/m1/s1. The van der Waals surface area contributed by atoms with Gasteiger partial charge < -0.3 is 15.4 Å². The van der Waals surface area contributed by atoms with E-state index >= 15 is 0 Å². The zero-order chi connectivity index (χ0) is 20.5. The summed E-state index contributed by atoms with van der Waals surface area (Å²) in [5.74, 6) is 0.135. The highest BCUT2D eigenvalue weighted by molar-refractivity contribution is 6.10. The van der Waals surface area contributed by atoms with Crippen molar-refractivity contribution in [2.75, 3.05) is 18.5 Å². The van der Waals surface area contributed by atoms with Crippen molar-refractivity contribution < 1.29 is 19.1 Å². The Kier molecular flexibility index (Phi) is 5.37. The molecule has 28 heavy (non-hydrogen) atoms. The Bertz CT molecular complexity index is 792. The minimum Gasteiger partial charge on any atom is -0.492 e. The molecule has 2 aliphatic rings. The summed E-state index contributed by atoms with van der Waals surface area (Å²) >= 11 is 0. The van der Waals surface area contributed by atoms with E-state index in [9.17, 15) is 14.4 Å². The van der Waals surface area contributed by atoms with E-state index in [-0.39, 0.29) is 17.9 Å². The van der Waals surface area contributed by atoms with Crippen molar-refractivity contribution in [1.29, 1.82) is 0 Å². The topological polar surface area (TPSA) is 87.7 Å². The molecule has 1 aliphatic carbocycles. The molecule has 2 atom stereocenters. The second kappa shape index (κ2) is 7.45. The van der Waals surface area contributed by atoms with Gasteiger partial charge in [0.2, 0.25) is 5.91 Å². The van der Waals surface area contributed by atoms with Gasteiger partial charge in [-0.25, -0.2) is 4.79 Å². The van der Waals surface area contributed by atoms with Crippen LogP contribution < -0.4 is 15.4 Å². The number of hydrogen-bond acceptors (Lipinski definition) is 4. The molecule has 0 aromatic heterocycles. The number of carbonyl (C=O) groups is 3. The first-order chi connectivity index (χ1) is 13.2. The van der Waals surface area contributed by atoms with Gasteiger partial charge >= 0.3 is 6.03 Å². The quantitative estimate of drug-likeness (QED) is 0.760. The lowest BCUT2D eigenvalue weighted by molar-refractivity contribution is -0.136. The number of anilines is 1. The lowest BCUT2D eigenvalue weighted by atomic mass is 9.64. The van der Waals surface area contributed by atoms with Crippen LogP contribution in [0.4, 0.5) is 10.5 Å². The number of urea groups is 1. The Balaban J connectivity index is 1.72. The summed E-state index contributed by atoms with van der Waals surface area (Å²) < 4.78 is 5.50. The van der Waals surface area contributed by atoms with Crippen LogP contribution >= 0.6 is 0 Å². The van der Waals surface area contributed by atoms with E-state index in [1.54, 1.807) is 18.2 Å². The predicted octanol–water partition coefficient (Wildman–Crippen LogP) is 3.16. The Morgan fingerprint density at radius 2 is 2.00 bits per heavy atom. The number of rotatable bonds is 5. The number of nitrogens with zero attached hydrogens (tertiary/aromatic N) is 1. The Hall–Kier alpha value is -2.57. The van der Waals surface area contributed by atoms with Gasteiger partial charge in [-0.05, 0) is 49.7 Å². The second-order valence-corrected chi connectivity index (χ2v) is 8.74. The number of carbonyl (C=O) groups excluding carboxylic acids is 3. The molecule has 0 radical (unpaired) electrons. The third kappa shape index (κ3) is 3.98. The zero-order valence-electron chi connectivity index (χ0n) is 17.0. The van der Waals surface area contributed by atoms with E-state index in [0.717, 1.165) is 11.3 Å². The molecule has 0 bridgehead atoms. The SMILES string of the molecule is CCOc1ccccc1NC(=O)CN1C(=O)N[C@]2(C[C@H](C)CC(C)(C)C2)C1=O. The zero-order valence-corrected chi connectivity index (χ0v) is 17.0. The first kappa shape index (κ1) is 20.2. The average Bonchev–Trinajstić information content (AvgIpc) is 2.78.